The molecule has 0 bridgehead atoms. The van der Waals surface area contributed by atoms with Crippen LogP contribution in [0, 0.1) is 17.8 Å². The fraction of sp³-hybridized carbons (Fsp3) is 1.00. The molecule has 0 aromatic rings. The van der Waals surface area contributed by atoms with Crippen LogP contribution >= 0.6 is 0 Å². The Kier molecular flexibility index (Phi) is 5.27. The molecule has 90 valence electrons. The molecule has 0 aromatic carbocycles. The molecular formula is C12H25NOS. The van der Waals surface area contributed by atoms with Crippen LogP contribution in [0.5, 0.6) is 0 Å². The molecule has 2 nitrogen and oxygen atoms in total. The average Bonchev–Trinajstić information content (AvgIpc) is 2.16. The minimum absolute atomic E-state index is 0.362. The van der Waals surface area contributed by atoms with Crippen LogP contribution < -0.4 is 5.73 Å². The summed E-state index contributed by atoms with van der Waals surface area (Å²) in [7, 11) is -0.667. The third-order valence-electron chi connectivity index (χ3n) is 3.33. The minimum Gasteiger partial charge on any atom is -0.330 e. The van der Waals surface area contributed by atoms with Crippen LogP contribution in [-0.4, -0.2) is 21.8 Å². The fourth-order valence-corrected chi connectivity index (χ4v) is 4.56. The molecule has 2 N–H and O–H groups in total. The number of hydrogen-bond acceptors (Lipinski definition) is 2. The van der Waals surface area contributed by atoms with Gasteiger partial charge in [-0.3, -0.25) is 4.21 Å². The summed E-state index contributed by atoms with van der Waals surface area (Å²) in [5.41, 5.74) is 5.77. The van der Waals surface area contributed by atoms with E-state index >= 15 is 0 Å². The van der Waals surface area contributed by atoms with Gasteiger partial charge in [-0.05, 0) is 37.1 Å². The van der Waals surface area contributed by atoms with Gasteiger partial charge in [0, 0.05) is 21.8 Å². The van der Waals surface area contributed by atoms with Gasteiger partial charge in [-0.1, -0.05) is 27.2 Å². The first-order chi connectivity index (χ1) is 7.04. The molecule has 1 aliphatic carbocycles. The highest BCUT2D eigenvalue weighted by molar-refractivity contribution is 7.85. The molecule has 0 aliphatic heterocycles. The van der Waals surface area contributed by atoms with E-state index in [2.05, 4.69) is 20.8 Å². The van der Waals surface area contributed by atoms with Crippen LogP contribution in [0.15, 0.2) is 0 Å². The quantitative estimate of drug-likeness (QED) is 0.805. The second kappa shape index (κ2) is 6.00. The van der Waals surface area contributed by atoms with Crippen LogP contribution in [0.25, 0.3) is 0 Å². The second-order valence-corrected chi connectivity index (χ2v) is 7.09. The van der Waals surface area contributed by atoms with E-state index in [9.17, 15) is 4.21 Å². The Morgan fingerprint density at radius 3 is 2.60 bits per heavy atom. The Bertz CT molecular complexity index is 218. The molecule has 0 radical (unpaired) electrons. The van der Waals surface area contributed by atoms with E-state index in [4.69, 9.17) is 5.73 Å². The lowest BCUT2D eigenvalue weighted by Crippen LogP contribution is -2.38. The van der Waals surface area contributed by atoms with Crippen LogP contribution in [-0.2, 0) is 10.8 Å². The van der Waals surface area contributed by atoms with Crippen molar-refractivity contribution in [2.24, 2.45) is 23.5 Å². The first kappa shape index (κ1) is 13.2. The highest BCUT2D eigenvalue weighted by atomic mass is 32.2. The normalized spacial score (nSPS) is 34.3. The molecule has 0 spiro atoms. The zero-order valence-corrected chi connectivity index (χ0v) is 11.1. The molecular weight excluding hydrogens is 206 g/mol. The van der Waals surface area contributed by atoms with E-state index in [1.807, 2.05) is 0 Å². The highest BCUT2D eigenvalue weighted by Crippen LogP contribution is 2.32. The zero-order chi connectivity index (χ0) is 11.4. The van der Waals surface area contributed by atoms with Crippen molar-refractivity contribution in [1.29, 1.82) is 0 Å². The number of nitrogens with two attached hydrogens (primary N) is 1. The second-order valence-electron chi connectivity index (χ2n) is 5.39. The average molecular weight is 231 g/mol. The molecule has 1 aliphatic rings. The van der Waals surface area contributed by atoms with Gasteiger partial charge < -0.3 is 5.73 Å². The third kappa shape index (κ3) is 3.87. The third-order valence-corrected chi connectivity index (χ3v) is 5.58. The zero-order valence-electron chi connectivity index (χ0n) is 10.2. The van der Waals surface area contributed by atoms with Gasteiger partial charge in [-0.25, -0.2) is 0 Å². The summed E-state index contributed by atoms with van der Waals surface area (Å²) < 4.78 is 12.2. The lowest BCUT2D eigenvalue weighted by atomic mass is 9.82. The van der Waals surface area contributed by atoms with E-state index in [0.717, 1.165) is 18.1 Å². The van der Waals surface area contributed by atoms with Crippen molar-refractivity contribution in [1.82, 2.24) is 0 Å². The predicted molar refractivity (Wildman–Crippen MR) is 67.2 cm³/mol. The molecule has 15 heavy (non-hydrogen) atoms. The number of hydrogen-bond donors (Lipinski definition) is 1. The van der Waals surface area contributed by atoms with Crippen LogP contribution in [0.4, 0.5) is 0 Å². The van der Waals surface area contributed by atoms with Gasteiger partial charge in [-0.15, -0.1) is 0 Å². The first-order valence-corrected chi connectivity index (χ1v) is 7.50. The van der Waals surface area contributed by atoms with E-state index in [1.165, 1.54) is 12.8 Å². The van der Waals surface area contributed by atoms with Crippen LogP contribution in [0.1, 0.15) is 40.0 Å². The van der Waals surface area contributed by atoms with Gasteiger partial charge in [0.2, 0.25) is 0 Å². The molecule has 0 amide bonds. The van der Waals surface area contributed by atoms with Gasteiger partial charge >= 0.3 is 0 Å². The molecule has 4 unspecified atom stereocenters. The van der Waals surface area contributed by atoms with Gasteiger partial charge in [0.15, 0.2) is 0 Å². The molecule has 4 atom stereocenters. The maximum Gasteiger partial charge on any atom is 0.0390 e. The van der Waals surface area contributed by atoms with Gasteiger partial charge in [0.25, 0.3) is 0 Å². The summed E-state index contributed by atoms with van der Waals surface area (Å²) in [5, 5.41) is 0.362. The summed E-state index contributed by atoms with van der Waals surface area (Å²) >= 11 is 0. The van der Waals surface area contributed by atoms with Crippen LogP contribution in [0.2, 0.25) is 0 Å². The van der Waals surface area contributed by atoms with E-state index in [1.54, 1.807) is 0 Å². The molecule has 0 heterocycles. The Morgan fingerprint density at radius 2 is 2.07 bits per heavy atom. The van der Waals surface area contributed by atoms with E-state index in [0.29, 0.717) is 23.6 Å². The molecule has 1 fully saturated rings. The summed E-state index contributed by atoms with van der Waals surface area (Å²) in [6.07, 6.45) is 3.55. The van der Waals surface area contributed by atoms with Gasteiger partial charge in [-0.2, -0.15) is 0 Å². The number of rotatable bonds is 4. The summed E-state index contributed by atoms with van der Waals surface area (Å²) in [6, 6.07) is 0. The Labute approximate surface area is 96.5 Å². The van der Waals surface area contributed by atoms with Crippen molar-refractivity contribution in [2.45, 2.75) is 45.3 Å². The Hall–Kier alpha value is 0.110. The van der Waals surface area contributed by atoms with Crippen molar-refractivity contribution in [3.8, 4) is 0 Å². The summed E-state index contributed by atoms with van der Waals surface area (Å²) in [6.45, 7) is 7.26. The SMILES string of the molecule is CC(C)CS(=O)C1CC(C)CCC1CN. The topological polar surface area (TPSA) is 43.1 Å². The molecule has 3 heteroatoms. The van der Waals surface area contributed by atoms with E-state index < -0.39 is 10.8 Å². The lowest BCUT2D eigenvalue weighted by Gasteiger charge is -2.33. The monoisotopic (exact) mass is 231 g/mol. The van der Waals surface area contributed by atoms with Gasteiger partial charge in [0.1, 0.15) is 0 Å². The fourth-order valence-electron chi connectivity index (χ4n) is 2.44. The standard InChI is InChI=1S/C12H25NOS/c1-9(2)8-15(14)12-6-10(3)4-5-11(12)7-13/h9-12H,4-8,13H2,1-3H3. The largest absolute Gasteiger partial charge is 0.330 e. The van der Waals surface area contributed by atoms with Crippen molar-refractivity contribution in [3.63, 3.8) is 0 Å². The van der Waals surface area contributed by atoms with Crippen molar-refractivity contribution >= 4 is 10.8 Å². The molecule has 0 saturated heterocycles. The van der Waals surface area contributed by atoms with Crippen LogP contribution in [0.3, 0.4) is 0 Å². The predicted octanol–water partition coefficient (Wildman–Crippen LogP) is 2.15. The summed E-state index contributed by atoms with van der Waals surface area (Å²) in [5.74, 6) is 2.60. The molecule has 1 saturated carbocycles. The smallest absolute Gasteiger partial charge is 0.0390 e. The van der Waals surface area contributed by atoms with Crippen molar-refractivity contribution in [3.05, 3.63) is 0 Å². The Morgan fingerprint density at radius 1 is 1.40 bits per heavy atom. The van der Waals surface area contributed by atoms with Gasteiger partial charge in [0.05, 0.1) is 0 Å². The van der Waals surface area contributed by atoms with Crippen molar-refractivity contribution < 1.29 is 4.21 Å². The van der Waals surface area contributed by atoms with Crippen molar-refractivity contribution in [2.75, 3.05) is 12.3 Å². The molecule has 0 aromatic heterocycles. The lowest BCUT2D eigenvalue weighted by molar-refractivity contribution is 0.301. The maximum atomic E-state index is 12.2. The molecule has 1 rings (SSSR count). The van der Waals surface area contributed by atoms with E-state index in [-0.39, 0.29) is 0 Å². The summed E-state index contributed by atoms with van der Waals surface area (Å²) in [4.78, 5) is 0. The Balaban J connectivity index is 2.58. The maximum absolute atomic E-state index is 12.2. The first-order valence-electron chi connectivity index (χ1n) is 6.11. The minimum atomic E-state index is -0.667. The highest BCUT2D eigenvalue weighted by Gasteiger charge is 2.31.